The molecule has 3 heteroatoms. The van der Waals surface area contributed by atoms with Gasteiger partial charge in [0.25, 0.3) is 0 Å². The van der Waals surface area contributed by atoms with Crippen LogP contribution in [0.2, 0.25) is 0 Å². The van der Waals surface area contributed by atoms with Crippen LogP contribution in [-0.2, 0) is 9.53 Å². The molecule has 0 aliphatic heterocycles. The van der Waals surface area contributed by atoms with E-state index >= 15 is 0 Å². The Morgan fingerprint density at radius 3 is 3.25 bits per heavy atom. The lowest BCUT2D eigenvalue weighted by Crippen LogP contribution is -2.18. The maximum Gasteiger partial charge on any atom is 0.334 e. The van der Waals surface area contributed by atoms with E-state index in [0.29, 0.717) is 0 Å². The van der Waals surface area contributed by atoms with E-state index in [4.69, 9.17) is 2.80 Å². The molecule has 0 heterocycles. The molecule has 1 atom stereocenters. The number of hydrogen-bond acceptors (Lipinski definition) is 3. The number of aliphatic hydroxyl groups is 1. The van der Waals surface area contributed by atoms with Crippen molar-refractivity contribution >= 4 is 5.97 Å². The van der Waals surface area contributed by atoms with Gasteiger partial charge < -0.3 is 9.85 Å². The van der Waals surface area contributed by atoms with E-state index < -0.39 is 12.0 Å². The van der Waals surface area contributed by atoms with Crippen molar-refractivity contribution in [3.8, 4) is 0 Å². The topological polar surface area (TPSA) is 46.5 Å². The Morgan fingerprint density at radius 1 is 2.25 bits per heavy atom. The highest BCUT2D eigenvalue weighted by Crippen LogP contribution is 1.84. The summed E-state index contributed by atoms with van der Waals surface area (Å²) in [6.07, 6.45) is -1.89. The maximum atomic E-state index is 10.6. The van der Waals surface area contributed by atoms with Gasteiger partial charge in [-0.2, -0.15) is 0 Å². The van der Waals surface area contributed by atoms with E-state index in [2.05, 4.69) is 9.85 Å². The van der Waals surface area contributed by atoms with Crippen molar-refractivity contribution in [3.05, 3.63) is 0 Å². The molecule has 0 saturated heterocycles. The number of ether oxygens (including phenoxy) is 1. The fourth-order valence-electron chi connectivity index (χ4n) is 0.233. The van der Waals surface area contributed by atoms with Crippen LogP contribution in [0.5, 0.6) is 0 Å². The SMILES string of the molecule is [2H]OC([2H])(C)C(=O)OCC. The highest BCUT2D eigenvalue weighted by atomic mass is 16.5. The highest BCUT2D eigenvalue weighted by molar-refractivity contribution is 5.73. The van der Waals surface area contributed by atoms with Crippen molar-refractivity contribution in [2.45, 2.75) is 19.9 Å². The second-order valence-electron chi connectivity index (χ2n) is 1.28. The van der Waals surface area contributed by atoms with Crippen molar-refractivity contribution < 1.29 is 16.0 Å². The third-order valence-corrected chi connectivity index (χ3v) is 0.563. The molecule has 1 N–H and O–H groups in total. The van der Waals surface area contributed by atoms with Crippen molar-refractivity contribution in [2.24, 2.45) is 0 Å². The van der Waals surface area contributed by atoms with E-state index in [-0.39, 0.29) is 6.61 Å². The van der Waals surface area contributed by atoms with Crippen LogP contribution >= 0.6 is 0 Å². The van der Waals surface area contributed by atoms with Gasteiger partial charge in [-0.05, 0) is 13.8 Å². The summed E-state index contributed by atoms with van der Waals surface area (Å²) >= 11 is 0. The standard InChI is InChI=1S/C5H10O3/c1-3-8-5(7)4(2)6/h4,6H,3H2,1-2H3/i4D,6D. The molecule has 0 saturated carbocycles. The van der Waals surface area contributed by atoms with Crippen molar-refractivity contribution in [2.75, 3.05) is 6.61 Å². The zero-order valence-corrected chi connectivity index (χ0v) is 4.93. The van der Waals surface area contributed by atoms with E-state index in [1.807, 2.05) is 0 Å². The van der Waals surface area contributed by atoms with E-state index in [9.17, 15) is 4.79 Å². The molecule has 0 aliphatic carbocycles. The monoisotopic (exact) mass is 120 g/mol. The molecular weight excluding hydrogens is 108 g/mol. The first-order chi connectivity index (χ1) is 4.54. The zero-order valence-electron chi connectivity index (χ0n) is 6.93. The highest BCUT2D eigenvalue weighted by Gasteiger charge is 2.07. The number of hydrogen-bond donors (Lipinski definition) is 1. The molecule has 3 nitrogen and oxygen atoms in total. The summed E-state index contributed by atoms with van der Waals surface area (Å²) < 4.78 is 17.8. The van der Waals surface area contributed by atoms with Gasteiger partial charge in [-0.1, -0.05) is 0 Å². The predicted octanol–water partition coefficient (Wildman–Crippen LogP) is -0.0697. The Labute approximate surface area is 51.2 Å². The normalized spacial score (nSPS) is 20.2. The fraction of sp³-hybridized carbons (Fsp3) is 0.800. The molecule has 1 unspecified atom stereocenters. The molecule has 0 aromatic carbocycles. The van der Waals surface area contributed by atoms with Crippen LogP contribution in [0.3, 0.4) is 0 Å². The summed E-state index contributed by atoms with van der Waals surface area (Å²) in [5, 5.41) is 3.79. The summed E-state index contributed by atoms with van der Waals surface area (Å²) in [7, 11) is 0. The van der Waals surface area contributed by atoms with Gasteiger partial charge in [0.05, 0.1) is 7.98 Å². The Hall–Kier alpha value is -0.570. The number of carbonyl (C=O) groups is 1. The molecular formula is C5H10O3. The summed E-state index contributed by atoms with van der Waals surface area (Å²) in [6.45, 7) is 2.96. The lowest BCUT2D eigenvalue weighted by Gasteiger charge is -2.01. The molecule has 0 fully saturated rings. The first-order valence-electron chi connectivity index (χ1n) is 3.27. The van der Waals surface area contributed by atoms with E-state index in [1.54, 1.807) is 6.92 Å². The smallest absolute Gasteiger partial charge is 0.334 e. The Bertz CT molecular complexity index is 124. The average Bonchev–Trinajstić information content (AvgIpc) is 1.89. The van der Waals surface area contributed by atoms with Crippen LogP contribution in [0.15, 0.2) is 0 Å². The summed E-state index contributed by atoms with van der Waals surface area (Å²) in [5.74, 6) is -0.843. The van der Waals surface area contributed by atoms with Crippen LogP contribution in [0, 0.1) is 0 Å². The fourth-order valence-corrected chi connectivity index (χ4v) is 0.233. The van der Waals surface area contributed by atoms with Crippen molar-refractivity contribution in [1.82, 2.24) is 0 Å². The van der Waals surface area contributed by atoms with Gasteiger partial charge in [0, 0.05) is 0 Å². The van der Waals surface area contributed by atoms with Crippen molar-refractivity contribution in [1.29, 1.82) is 1.43 Å². The quantitative estimate of drug-likeness (QED) is 0.530. The Balaban J connectivity index is 3.91. The largest absolute Gasteiger partial charge is 0.464 e. The lowest BCUT2D eigenvalue weighted by molar-refractivity contribution is -0.151. The van der Waals surface area contributed by atoms with Crippen LogP contribution < -0.4 is 0 Å². The second-order valence-corrected chi connectivity index (χ2v) is 1.28. The molecule has 8 heavy (non-hydrogen) atoms. The molecule has 0 bridgehead atoms. The van der Waals surface area contributed by atoms with Crippen LogP contribution in [0.1, 0.15) is 15.2 Å². The Morgan fingerprint density at radius 2 is 2.88 bits per heavy atom. The average molecular weight is 120 g/mol. The van der Waals surface area contributed by atoms with Crippen LogP contribution in [0.4, 0.5) is 0 Å². The summed E-state index contributed by atoms with van der Waals surface area (Å²) in [5.41, 5.74) is 0. The summed E-state index contributed by atoms with van der Waals surface area (Å²) in [4.78, 5) is 10.6. The van der Waals surface area contributed by atoms with Gasteiger partial charge in [-0.3, -0.25) is 0 Å². The van der Waals surface area contributed by atoms with Gasteiger partial charge in [-0.25, -0.2) is 4.79 Å². The number of esters is 1. The predicted molar refractivity (Wildman–Crippen MR) is 28.3 cm³/mol. The molecule has 0 aliphatic rings. The first-order valence-corrected chi connectivity index (χ1v) is 2.36. The summed E-state index contributed by atoms with van der Waals surface area (Å²) in [6, 6.07) is 0. The van der Waals surface area contributed by atoms with Gasteiger partial charge in [0.2, 0.25) is 1.43 Å². The number of carbonyl (C=O) groups excluding carboxylic acids is 1. The zero-order chi connectivity index (χ0) is 8.20. The van der Waals surface area contributed by atoms with Crippen molar-refractivity contribution in [3.63, 3.8) is 0 Å². The van der Waals surface area contributed by atoms with Crippen LogP contribution in [0.25, 0.3) is 0 Å². The maximum absolute atomic E-state index is 10.6. The van der Waals surface area contributed by atoms with Crippen LogP contribution in [-0.4, -0.2) is 25.2 Å². The van der Waals surface area contributed by atoms with E-state index in [1.165, 1.54) is 0 Å². The second kappa shape index (κ2) is 3.43. The molecule has 0 rings (SSSR count). The minimum atomic E-state index is -1.89. The molecule has 0 aromatic rings. The minimum Gasteiger partial charge on any atom is -0.464 e. The lowest BCUT2D eigenvalue weighted by atomic mass is 10.4. The Kier molecular flexibility index (Phi) is 1.86. The van der Waals surface area contributed by atoms with E-state index in [0.717, 1.165) is 6.92 Å². The van der Waals surface area contributed by atoms with Gasteiger partial charge in [0.15, 0.2) is 0 Å². The first kappa shape index (κ1) is 4.32. The molecule has 0 amide bonds. The third-order valence-electron chi connectivity index (χ3n) is 0.563. The number of rotatable bonds is 3. The van der Waals surface area contributed by atoms with Gasteiger partial charge in [0.1, 0.15) is 6.08 Å². The van der Waals surface area contributed by atoms with Gasteiger partial charge >= 0.3 is 5.97 Å². The minimum absolute atomic E-state index is 0.191. The molecule has 0 radical (unpaired) electrons. The molecule has 0 spiro atoms. The molecule has 0 aromatic heterocycles. The molecule has 48 valence electrons. The van der Waals surface area contributed by atoms with Gasteiger partial charge in [-0.15, -0.1) is 0 Å². The third kappa shape index (κ3) is 2.58.